The van der Waals surface area contributed by atoms with Gasteiger partial charge in [0, 0.05) is 24.2 Å². The molecule has 0 aliphatic carbocycles. The zero-order valence-corrected chi connectivity index (χ0v) is 20.5. The lowest BCUT2D eigenvalue weighted by atomic mass is 9.98. The first kappa shape index (κ1) is 24.9. The van der Waals surface area contributed by atoms with Crippen molar-refractivity contribution >= 4 is 12.2 Å². The van der Waals surface area contributed by atoms with Gasteiger partial charge in [-0.1, -0.05) is 38.8 Å². The van der Waals surface area contributed by atoms with E-state index in [4.69, 9.17) is 13.9 Å². The quantitative estimate of drug-likeness (QED) is 0.214. The number of nitrogens with zero attached hydrogens (tertiary/aromatic N) is 3. The van der Waals surface area contributed by atoms with E-state index in [1.807, 2.05) is 54.9 Å². The summed E-state index contributed by atoms with van der Waals surface area (Å²) in [5, 5.41) is 10.1. The van der Waals surface area contributed by atoms with Gasteiger partial charge < -0.3 is 18.8 Å². The number of rotatable bonds is 12. The summed E-state index contributed by atoms with van der Waals surface area (Å²) >= 11 is 0. The van der Waals surface area contributed by atoms with Crippen LogP contribution in [0.1, 0.15) is 45.1 Å². The first-order chi connectivity index (χ1) is 16.6. The van der Waals surface area contributed by atoms with Crippen LogP contribution in [0.25, 0.3) is 22.5 Å². The van der Waals surface area contributed by atoms with E-state index in [-0.39, 0.29) is 0 Å². The Morgan fingerprint density at radius 1 is 0.882 bits per heavy atom. The Bertz CT molecular complexity index is 1100. The summed E-state index contributed by atoms with van der Waals surface area (Å²) in [6, 6.07) is 17.5. The highest BCUT2D eigenvalue weighted by Gasteiger charge is 2.23. The molecule has 0 N–H and O–H groups in total. The molecule has 34 heavy (non-hydrogen) atoms. The average molecular weight is 460 g/mol. The molecule has 0 aliphatic rings. The molecular formula is C28H33N3O3. The maximum atomic E-state index is 10.1. The third-order valence-electron chi connectivity index (χ3n) is 5.67. The molecule has 2 aromatic carbocycles. The SMILES string of the molecule is CCCCN(C=Nc1oc(-c2ccc(OC)cc2)c(-c2ccc(OC)cc2)c1C#N)CCCC. The van der Waals surface area contributed by atoms with Gasteiger partial charge in [-0.15, -0.1) is 0 Å². The number of ether oxygens (including phenoxy) is 2. The first-order valence-electron chi connectivity index (χ1n) is 11.8. The highest BCUT2D eigenvalue weighted by molar-refractivity contribution is 5.88. The summed E-state index contributed by atoms with van der Waals surface area (Å²) < 4.78 is 16.9. The normalized spacial score (nSPS) is 10.9. The van der Waals surface area contributed by atoms with Crippen LogP contribution in [0, 0.1) is 11.3 Å². The Labute approximate surface area is 202 Å². The maximum Gasteiger partial charge on any atom is 0.239 e. The summed E-state index contributed by atoms with van der Waals surface area (Å²) in [4.78, 5) is 6.85. The highest BCUT2D eigenvalue weighted by atomic mass is 16.5. The van der Waals surface area contributed by atoms with Crippen molar-refractivity contribution in [3.05, 3.63) is 54.1 Å². The van der Waals surface area contributed by atoms with E-state index in [0.29, 0.717) is 17.2 Å². The van der Waals surface area contributed by atoms with Gasteiger partial charge in [-0.2, -0.15) is 5.26 Å². The Balaban J connectivity index is 2.09. The molecule has 0 aliphatic heterocycles. The van der Waals surface area contributed by atoms with Crippen LogP contribution in [-0.2, 0) is 0 Å². The zero-order valence-electron chi connectivity index (χ0n) is 20.5. The number of hydrogen-bond acceptors (Lipinski definition) is 5. The van der Waals surface area contributed by atoms with Crippen molar-refractivity contribution in [1.82, 2.24) is 4.90 Å². The fraction of sp³-hybridized carbons (Fsp3) is 0.357. The summed E-state index contributed by atoms with van der Waals surface area (Å²) in [7, 11) is 3.26. The molecule has 0 saturated heterocycles. The van der Waals surface area contributed by atoms with Crippen molar-refractivity contribution in [1.29, 1.82) is 5.26 Å². The van der Waals surface area contributed by atoms with Crippen LogP contribution >= 0.6 is 0 Å². The molecule has 0 bridgehead atoms. The molecular weight excluding hydrogens is 426 g/mol. The molecule has 0 saturated carbocycles. The van der Waals surface area contributed by atoms with Gasteiger partial charge >= 0.3 is 0 Å². The topological polar surface area (TPSA) is 71.0 Å². The lowest BCUT2D eigenvalue weighted by Gasteiger charge is -2.18. The minimum absolute atomic E-state index is 0.317. The predicted octanol–water partition coefficient (Wildman–Crippen LogP) is 7.06. The second-order valence-electron chi connectivity index (χ2n) is 8.04. The van der Waals surface area contributed by atoms with Crippen molar-refractivity contribution < 1.29 is 13.9 Å². The van der Waals surface area contributed by atoms with Crippen molar-refractivity contribution in [2.24, 2.45) is 4.99 Å². The molecule has 0 radical (unpaired) electrons. The van der Waals surface area contributed by atoms with Gasteiger partial charge in [0.15, 0.2) is 0 Å². The Kier molecular flexibility index (Phi) is 9.16. The van der Waals surface area contributed by atoms with Crippen molar-refractivity contribution in [3.8, 4) is 40.0 Å². The first-order valence-corrected chi connectivity index (χ1v) is 11.8. The number of unbranched alkanes of at least 4 members (excludes halogenated alkanes) is 2. The number of hydrogen-bond donors (Lipinski definition) is 0. The molecule has 0 amide bonds. The Morgan fingerprint density at radius 2 is 1.41 bits per heavy atom. The van der Waals surface area contributed by atoms with E-state index >= 15 is 0 Å². The van der Waals surface area contributed by atoms with Crippen LogP contribution in [-0.4, -0.2) is 38.5 Å². The molecule has 6 nitrogen and oxygen atoms in total. The monoisotopic (exact) mass is 459 g/mol. The molecule has 3 aromatic rings. The smallest absolute Gasteiger partial charge is 0.239 e. The van der Waals surface area contributed by atoms with Crippen LogP contribution in [0.15, 0.2) is 57.9 Å². The maximum absolute atomic E-state index is 10.1. The third-order valence-corrected chi connectivity index (χ3v) is 5.67. The molecule has 6 heteroatoms. The molecule has 1 heterocycles. The molecule has 0 spiro atoms. The van der Waals surface area contributed by atoms with Gasteiger partial charge in [0.2, 0.25) is 5.88 Å². The fourth-order valence-corrected chi connectivity index (χ4v) is 3.68. The number of aliphatic imine (C=N–C) groups is 1. The number of methoxy groups -OCH3 is 2. The standard InChI is InChI=1S/C28H33N3O3/c1-5-7-17-31(18-8-6-2)20-30-28-25(19-29)26(21-9-13-23(32-3)14-10-21)27(34-28)22-11-15-24(33-4)16-12-22/h9-16,20H,5-8,17-18H2,1-4H3. The van der Waals surface area contributed by atoms with Crippen molar-refractivity contribution in [2.75, 3.05) is 27.3 Å². The molecule has 0 atom stereocenters. The van der Waals surface area contributed by atoms with Crippen LogP contribution in [0.2, 0.25) is 0 Å². The lowest BCUT2D eigenvalue weighted by Crippen LogP contribution is -2.24. The van der Waals surface area contributed by atoms with Crippen LogP contribution < -0.4 is 9.47 Å². The van der Waals surface area contributed by atoms with E-state index in [9.17, 15) is 5.26 Å². The molecule has 0 unspecified atom stereocenters. The third kappa shape index (κ3) is 5.99. The number of nitriles is 1. The van der Waals surface area contributed by atoms with E-state index < -0.39 is 0 Å². The van der Waals surface area contributed by atoms with Gasteiger partial charge in [0.1, 0.15) is 28.9 Å². The molecule has 1 aromatic heterocycles. The molecule has 0 fully saturated rings. The van der Waals surface area contributed by atoms with E-state index in [1.54, 1.807) is 14.2 Å². The summed E-state index contributed by atoms with van der Waals surface area (Å²) in [5.74, 6) is 2.42. The van der Waals surface area contributed by atoms with Gasteiger partial charge in [-0.3, -0.25) is 0 Å². The minimum atomic E-state index is 0.317. The fourth-order valence-electron chi connectivity index (χ4n) is 3.68. The summed E-state index contributed by atoms with van der Waals surface area (Å²) in [6.45, 7) is 6.22. The van der Waals surface area contributed by atoms with Crippen LogP contribution in [0.4, 0.5) is 5.88 Å². The van der Waals surface area contributed by atoms with Gasteiger partial charge in [0.05, 0.1) is 20.6 Å². The lowest BCUT2D eigenvalue weighted by molar-refractivity contribution is 0.408. The predicted molar refractivity (Wildman–Crippen MR) is 137 cm³/mol. The molecule has 178 valence electrons. The second kappa shape index (κ2) is 12.5. The minimum Gasteiger partial charge on any atom is -0.497 e. The Morgan fingerprint density at radius 3 is 1.88 bits per heavy atom. The van der Waals surface area contributed by atoms with Crippen molar-refractivity contribution in [2.45, 2.75) is 39.5 Å². The zero-order chi connectivity index (χ0) is 24.3. The van der Waals surface area contributed by atoms with E-state index in [2.05, 4.69) is 29.8 Å². The Hall–Kier alpha value is -3.72. The van der Waals surface area contributed by atoms with Crippen LogP contribution in [0.5, 0.6) is 11.5 Å². The van der Waals surface area contributed by atoms with Crippen molar-refractivity contribution in [3.63, 3.8) is 0 Å². The van der Waals surface area contributed by atoms with Gasteiger partial charge in [0.25, 0.3) is 0 Å². The summed E-state index contributed by atoms with van der Waals surface area (Å²) in [5.41, 5.74) is 2.84. The van der Waals surface area contributed by atoms with E-state index in [1.165, 1.54) is 0 Å². The highest BCUT2D eigenvalue weighted by Crippen LogP contribution is 2.43. The summed E-state index contributed by atoms with van der Waals surface area (Å²) in [6.07, 6.45) is 6.23. The van der Waals surface area contributed by atoms with Gasteiger partial charge in [-0.05, 0) is 54.8 Å². The molecule has 3 rings (SSSR count). The van der Waals surface area contributed by atoms with Crippen LogP contribution in [0.3, 0.4) is 0 Å². The van der Waals surface area contributed by atoms with Gasteiger partial charge in [-0.25, -0.2) is 4.99 Å². The number of furan rings is 1. The second-order valence-corrected chi connectivity index (χ2v) is 8.04. The average Bonchev–Trinajstić information content (AvgIpc) is 3.26. The van der Waals surface area contributed by atoms with E-state index in [0.717, 1.165) is 67.0 Å². The number of benzene rings is 2. The largest absolute Gasteiger partial charge is 0.497 e.